The summed E-state index contributed by atoms with van der Waals surface area (Å²) in [4.78, 5) is 0. The Bertz CT molecular complexity index is 558. The Morgan fingerprint density at radius 2 is 1.83 bits per heavy atom. The maximum Gasteiger partial charge on any atom is 0.224 e. The summed E-state index contributed by atoms with van der Waals surface area (Å²) in [7, 11) is 0. The summed E-state index contributed by atoms with van der Waals surface area (Å²) in [6, 6.07) is 0. The minimum atomic E-state index is -2.15. The van der Waals surface area contributed by atoms with Gasteiger partial charge in [-0.05, 0) is 12.5 Å². The molecule has 10 atom stereocenters. The van der Waals surface area contributed by atoms with E-state index in [1.165, 1.54) is 0 Å². The molecule has 29 heavy (non-hydrogen) atoms. The lowest BCUT2D eigenvalue weighted by atomic mass is 9.98. The van der Waals surface area contributed by atoms with Gasteiger partial charge in [-0.2, -0.15) is 0 Å². The fourth-order valence-electron chi connectivity index (χ4n) is 3.63. The van der Waals surface area contributed by atoms with E-state index >= 15 is 0 Å². The van der Waals surface area contributed by atoms with Crippen molar-refractivity contribution in [3.05, 3.63) is 12.2 Å². The first-order chi connectivity index (χ1) is 13.9. The van der Waals surface area contributed by atoms with E-state index in [-0.39, 0.29) is 6.61 Å². The quantitative estimate of drug-likeness (QED) is 0.237. The zero-order valence-corrected chi connectivity index (χ0v) is 16.1. The van der Waals surface area contributed by atoms with Crippen LogP contribution in [0.2, 0.25) is 0 Å². The van der Waals surface area contributed by atoms with Crippen LogP contribution in [0.4, 0.5) is 0 Å². The molecular formula is C18H30O11. The highest BCUT2D eigenvalue weighted by molar-refractivity contribution is 5.00. The molecule has 168 valence electrons. The number of hydrogen-bond acceptors (Lipinski definition) is 11. The molecule has 0 saturated carbocycles. The molecule has 11 nitrogen and oxygen atoms in total. The molecule has 0 bridgehead atoms. The first-order valence-electron chi connectivity index (χ1n) is 9.75. The Labute approximate surface area is 168 Å². The van der Waals surface area contributed by atoms with Crippen LogP contribution in [-0.4, -0.2) is 112 Å². The van der Waals surface area contributed by atoms with E-state index < -0.39 is 74.3 Å². The van der Waals surface area contributed by atoms with Crippen molar-refractivity contribution in [3.63, 3.8) is 0 Å². The standard InChI is InChI=1S/C18H30O11/c1-2-3-4-5-11-25-7-10-15(27-11)13(22)14(23)17(26-10)29-18(8-20)16(24)12(21)9(6-19)28-18/h4-5,9-17,19-24H,2-3,6-8H2,1H3/b5-4+/t9-,10-,11-,12-,13-,14-,15-,16+,17-,18+/m1/s1. The zero-order valence-electron chi connectivity index (χ0n) is 16.1. The van der Waals surface area contributed by atoms with Gasteiger partial charge in [0.2, 0.25) is 5.79 Å². The molecule has 0 amide bonds. The molecule has 3 saturated heterocycles. The van der Waals surface area contributed by atoms with Gasteiger partial charge in [-0.25, -0.2) is 0 Å². The van der Waals surface area contributed by atoms with Gasteiger partial charge in [0, 0.05) is 0 Å². The lowest BCUT2D eigenvalue weighted by Crippen LogP contribution is -2.65. The smallest absolute Gasteiger partial charge is 0.224 e. The van der Waals surface area contributed by atoms with Crippen LogP contribution >= 0.6 is 0 Å². The van der Waals surface area contributed by atoms with Gasteiger partial charge in [-0.1, -0.05) is 19.4 Å². The van der Waals surface area contributed by atoms with Crippen LogP contribution in [0.15, 0.2) is 12.2 Å². The van der Waals surface area contributed by atoms with E-state index in [9.17, 15) is 30.6 Å². The van der Waals surface area contributed by atoms with Gasteiger partial charge in [0.05, 0.1) is 13.2 Å². The molecule has 6 N–H and O–H groups in total. The molecule has 3 heterocycles. The van der Waals surface area contributed by atoms with Gasteiger partial charge in [0.25, 0.3) is 0 Å². The second kappa shape index (κ2) is 9.62. The van der Waals surface area contributed by atoms with Crippen LogP contribution < -0.4 is 0 Å². The molecule has 0 aromatic rings. The van der Waals surface area contributed by atoms with E-state index in [4.69, 9.17) is 23.7 Å². The van der Waals surface area contributed by atoms with E-state index in [0.29, 0.717) is 0 Å². The number of aliphatic hydroxyl groups is 6. The van der Waals surface area contributed by atoms with Crippen molar-refractivity contribution in [2.75, 3.05) is 19.8 Å². The Morgan fingerprint density at radius 1 is 1.07 bits per heavy atom. The van der Waals surface area contributed by atoms with Crippen LogP contribution in [-0.2, 0) is 23.7 Å². The maximum atomic E-state index is 10.5. The number of unbranched alkanes of at least 4 members (excludes halogenated alkanes) is 1. The summed E-state index contributed by atoms with van der Waals surface area (Å²) in [6.07, 6.45) is -5.89. The minimum Gasteiger partial charge on any atom is -0.394 e. The molecule has 3 rings (SSSR count). The molecule has 0 aromatic carbocycles. The van der Waals surface area contributed by atoms with Crippen molar-refractivity contribution in [1.82, 2.24) is 0 Å². The fourth-order valence-corrected chi connectivity index (χ4v) is 3.63. The second-order valence-corrected chi connectivity index (χ2v) is 7.41. The third kappa shape index (κ3) is 4.50. The highest BCUT2D eigenvalue weighted by Gasteiger charge is 2.59. The second-order valence-electron chi connectivity index (χ2n) is 7.41. The Balaban J connectivity index is 1.68. The Kier molecular flexibility index (Phi) is 7.62. The van der Waals surface area contributed by atoms with Gasteiger partial charge in [-0.3, -0.25) is 0 Å². The molecule has 0 spiro atoms. The minimum absolute atomic E-state index is 0.0485. The van der Waals surface area contributed by atoms with E-state index in [2.05, 4.69) is 0 Å². The highest BCUT2D eigenvalue weighted by Crippen LogP contribution is 2.37. The van der Waals surface area contributed by atoms with Gasteiger partial charge in [-0.15, -0.1) is 0 Å². The SMILES string of the molecule is CCC/C=C/[C@@H]1OC[C@H]2O[C@H](O[C@]3(CO)O[C@H](CO)[C@@H](O)[C@@H]3O)[C@H](O)[C@@H](O)[C@@H]2O1. The van der Waals surface area contributed by atoms with Crippen LogP contribution in [0.1, 0.15) is 19.8 Å². The average Bonchev–Trinajstić information content (AvgIpc) is 2.97. The molecular weight excluding hydrogens is 392 g/mol. The lowest BCUT2D eigenvalue weighted by molar-refractivity contribution is -0.401. The number of hydrogen-bond donors (Lipinski definition) is 6. The number of allylic oxidation sites excluding steroid dienone is 1. The van der Waals surface area contributed by atoms with Gasteiger partial charge < -0.3 is 54.3 Å². The third-order valence-electron chi connectivity index (χ3n) is 5.33. The van der Waals surface area contributed by atoms with Crippen molar-refractivity contribution in [1.29, 1.82) is 0 Å². The molecule has 11 heteroatoms. The topological polar surface area (TPSA) is 168 Å². The van der Waals surface area contributed by atoms with Crippen LogP contribution in [0.5, 0.6) is 0 Å². The van der Waals surface area contributed by atoms with Gasteiger partial charge in [0.15, 0.2) is 12.6 Å². The summed E-state index contributed by atoms with van der Waals surface area (Å²) in [5, 5.41) is 60.1. The third-order valence-corrected chi connectivity index (χ3v) is 5.33. The van der Waals surface area contributed by atoms with E-state index in [0.717, 1.165) is 12.8 Å². The van der Waals surface area contributed by atoms with Crippen LogP contribution in [0.25, 0.3) is 0 Å². The number of ether oxygens (including phenoxy) is 5. The van der Waals surface area contributed by atoms with Crippen LogP contribution in [0.3, 0.4) is 0 Å². The van der Waals surface area contributed by atoms with Gasteiger partial charge in [0.1, 0.15) is 49.3 Å². The predicted octanol–water partition coefficient (Wildman–Crippen LogP) is -2.65. The molecule has 0 aliphatic carbocycles. The lowest BCUT2D eigenvalue weighted by Gasteiger charge is -2.47. The number of fused-ring (bicyclic) bond motifs is 1. The predicted molar refractivity (Wildman–Crippen MR) is 94.2 cm³/mol. The molecule has 0 aromatic heterocycles. The maximum absolute atomic E-state index is 10.5. The number of aliphatic hydroxyl groups excluding tert-OH is 6. The number of rotatable bonds is 7. The first kappa shape index (κ1) is 23.0. The van der Waals surface area contributed by atoms with E-state index in [1.54, 1.807) is 6.08 Å². The largest absolute Gasteiger partial charge is 0.394 e. The molecule has 3 fully saturated rings. The molecule has 3 aliphatic rings. The van der Waals surface area contributed by atoms with Crippen molar-refractivity contribution in [3.8, 4) is 0 Å². The zero-order chi connectivity index (χ0) is 21.2. The summed E-state index contributed by atoms with van der Waals surface area (Å²) in [5.41, 5.74) is 0. The van der Waals surface area contributed by atoms with Crippen LogP contribution in [0, 0.1) is 0 Å². The Morgan fingerprint density at radius 3 is 2.45 bits per heavy atom. The summed E-state index contributed by atoms with van der Waals surface area (Å²) < 4.78 is 27.6. The monoisotopic (exact) mass is 422 g/mol. The van der Waals surface area contributed by atoms with Crippen molar-refractivity contribution in [2.45, 2.75) is 80.9 Å². The average molecular weight is 422 g/mol. The van der Waals surface area contributed by atoms with Crippen molar-refractivity contribution in [2.24, 2.45) is 0 Å². The summed E-state index contributed by atoms with van der Waals surface area (Å²) in [5.74, 6) is -2.15. The summed E-state index contributed by atoms with van der Waals surface area (Å²) >= 11 is 0. The molecule has 0 radical (unpaired) electrons. The summed E-state index contributed by atoms with van der Waals surface area (Å²) in [6.45, 7) is 0.562. The normalized spacial score (nSPS) is 48.2. The highest BCUT2D eigenvalue weighted by atomic mass is 16.8. The fraction of sp³-hybridized carbons (Fsp3) is 0.889. The van der Waals surface area contributed by atoms with Gasteiger partial charge >= 0.3 is 0 Å². The van der Waals surface area contributed by atoms with Crippen molar-refractivity contribution < 1.29 is 54.3 Å². The molecule has 0 unspecified atom stereocenters. The molecule has 3 aliphatic heterocycles. The van der Waals surface area contributed by atoms with E-state index in [1.807, 2.05) is 13.0 Å². The van der Waals surface area contributed by atoms with Crippen molar-refractivity contribution >= 4 is 0 Å². The first-order valence-corrected chi connectivity index (χ1v) is 9.75. The Hall–Kier alpha value is -0.700.